The summed E-state index contributed by atoms with van der Waals surface area (Å²) in [5, 5.41) is 0. The highest BCUT2D eigenvalue weighted by molar-refractivity contribution is 7.99. The number of hydrogen-bond donors (Lipinski definition) is 0. The van der Waals surface area contributed by atoms with Gasteiger partial charge in [-0.3, -0.25) is 4.79 Å². The van der Waals surface area contributed by atoms with E-state index in [1.165, 1.54) is 0 Å². The van der Waals surface area contributed by atoms with Gasteiger partial charge in [0.1, 0.15) is 0 Å². The van der Waals surface area contributed by atoms with Crippen LogP contribution in [0.1, 0.15) is 21.7 Å². The van der Waals surface area contributed by atoms with E-state index < -0.39 is 0 Å². The first kappa shape index (κ1) is 15.1. The molecular formula is C19H17N3OS. The van der Waals surface area contributed by atoms with Gasteiger partial charge in [-0.25, -0.2) is 9.97 Å². The number of fused-ring (bicyclic) bond motifs is 2. The summed E-state index contributed by atoms with van der Waals surface area (Å²) in [6, 6.07) is 13.6. The molecular weight excluding hydrogens is 318 g/mol. The van der Waals surface area contributed by atoms with Crippen molar-refractivity contribution in [2.45, 2.75) is 18.7 Å². The smallest absolute Gasteiger partial charge is 0.258 e. The van der Waals surface area contributed by atoms with Crippen molar-refractivity contribution in [3.8, 4) is 0 Å². The van der Waals surface area contributed by atoms with Crippen LogP contribution in [0.5, 0.6) is 0 Å². The molecule has 4 rings (SSSR count). The zero-order valence-corrected chi connectivity index (χ0v) is 14.4. The number of aromatic nitrogens is 2. The quantitative estimate of drug-likeness (QED) is 0.674. The Hall–Kier alpha value is -2.40. The van der Waals surface area contributed by atoms with Crippen LogP contribution in [0.15, 0.2) is 47.4 Å². The lowest BCUT2D eigenvalue weighted by Crippen LogP contribution is -2.35. The number of thioether (sulfide) groups is 1. The maximum absolute atomic E-state index is 13.0. The van der Waals surface area contributed by atoms with Gasteiger partial charge in [0.05, 0.1) is 28.1 Å². The molecule has 0 N–H and O–H groups in total. The molecule has 5 heteroatoms. The van der Waals surface area contributed by atoms with Crippen LogP contribution in [0.4, 0.5) is 5.69 Å². The zero-order chi connectivity index (χ0) is 16.7. The minimum atomic E-state index is 0.0182. The third-order valence-electron chi connectivity index (χ3n) is 4.30. The molecule has 2 heterocycles. The Morgan fingerprint density at radius 3 is 2.62 bits per heavy atom. The number of carbonyl (C=O) groups is 1. The van der Waals surface area contributed by atoms with Crippen LogP contribution in [-0.2, 0) is 0 Å². The summed E-state index contributed by atoms with van der Waals surface area (Å²) in [6.45, 7) is 4.61. The van der Waals surface area contributed by atoms with Crippen molar-refractivity contribution in [2.75, 3.05) is 17.2 Å². The molecule has 0 atom stereocenters. The number of hydrogen-bond acceptors (Lipinski definition) is 4. The van der Waals surface area contributed by atoms with Crippen molar-refractivity contribution in [2.24, 2.45) is 0 Å². The Balaban J connectivity index is 1.75. The molecule has 24 heavy (non-hydrogen) atoms. The monoisotopic (exact) mass is 335 g/mol. The molecule has 2 aromatic carbocycles. The minimum Gasteiger partial charge on any atom is -0.306 e. The molecule has 0 bridgehead atoms. The van der Waals surface area contributed by atoms with Gasteiger partial charge in [0.15, 0.2) is 0 Å². The van der Waals surface area contributed by atoms with Crippen LogP contribution >= 0.6 is 11.8 Å². The molecule has 1 aliphatic heterocycles. The summed E-state index contributed by atoms with van der Waals surface area (Å²) in [6.07, 6.45) is 0. The molecule has 3 aromatic rings. The van der Waals surface area contributed by atoms with Crippen molar-refractivity contribution >= 4 is 34.4 Å². The maximum atomic E-state index is 13.0. The van der Waals surface area contributed by atoms with Crippen LogP contribution in [0.2, 0.25) is 0 Å². The average Bonchev–Trinajstić information content (AvgIpc) is 2.61. The second kappa shape index (κ2) is 5.91. The topological polar surface area (TPSA) is 46.1 Å². The molecule has 0 saturated carbocycles. The Morgan fingerprint density at radius 1 is 1.04 bits per heavy atom. The molecule has 0 fully saturated rings. The minimum absolute atomic E-state index is 0.0182. The summed E-state index contributed by atoms with van der Waals surface area (Å²) >= 11 is 1.79. The number of amides is 1. The van der Waals surface area contributed by atoms with Crippen molar-refractivity contribution in [3.63, 3.8) is 0 Å². The van der Waals surface area contributed by atoms with E-state index in [0.29, 0.717) is 5.56 Å². The number of carbonyl (C=O) groups excluding carboxylic acids is 1. The van der Waals surface area contributed by atoms with Gasteiger partial charge in [0.2, 0.25) is 0 Å². The molecule has 1 aromatic heterocycles. The van der Waals surface area contributed by atoms with Crippen LogP contribution in [-0.4, -0.2) is 28.2 Å². The third-order valence-corrected chi connectivity index (χ3v) is 5.34. The van der Waals surface area contributed by atoms with Crippen LogP contribution < -0.4 is 4.90 Å². The van der Waals surface area contributed by atoms with E-state index >= 15 is 0 Å². The van der Waals surface area contributed by atoms with Gasteiger partial charge in [-0.1, -0.05) is 12.1 Å². The van der Waals surface area contributed by atoms with Gasteiger partial charge in [-0.15, -0.1) is 11.8 Å². The number of para-hydroxylation sites is 1. The van der Waals surface area contributed by atoms with Gasteiger partial charge in [0.25, 0.3) is 5.91 Å². The summed E-state index contributed by atoms with van der Waals surface area (Å²) in [7, 11) is 0. The van der Waals surface area contributed by atoms with Crippen molar-refractivity contribution < 1.29 is 4.79 Å². The summed E-state index contributed by atoms with van der Waals surface area (Å²) in [5.74, 6) is 0.929. The van der Waals surface area contributed by atoms with Crippen molar-refractivity contribution in [1.29, 1.82) is 0 Å². The molecule has 0 unspecified atom stereocenters. The highest BCUT2D eigenvalue weighted by Crippen LogP contribution is 2.35. The molecule has 4 nitrogen and oxygen atoms in total. The van der Waals surface area contributed by atoms with E-state index in [0.717, 1.165) is 45.3 Å². The Labute approximate surface area is 144 Å². The SMILES string of the molecule is Cc1nc2ccc(C(=O)N3CCSc4ccccc43)cc2nc1C. The lowest BCUT2D eigenvalue weighted by molar-refractivity contribution is 0.0988. The van der Waals surface area contributed by atoms with E-state index in [2.05, 4.69) is 16.0 Å². The van der Waals surface area contributed by atoms with Gasteiger partial charge < -0.3 is 4.90 Å². The predicted molar refractivity (Wildman–Crippen MR) is 97.9 cm³/mol. The molecule has 0 saturated heterocycles. The molecule has 1 aliphatic rings. The molecule has 0 spiro atoms. The fourth-order valence-corrected chi connectivity index (χ4v) is 3.89. The first-order valence-electron chi connectivity index (χ1n) is 7.92. The van der Waals surface area contributed by atoms with Gasteiger partial charge in [-0.2, -0.15) is 0 Å². The van der Waals surface area contributed by atoms with Gasteiger partial charge in [0, 0.05) is 22.8 Å². The first-order valence-corrected chi connectivity index (χ1v) is 8.91. The fraction of sp³-hybridized carbons (Fsp3) is 0.211. The Kier molecular flexibility index (Phi) is 3.73. The van der Waals surface area contributed by atoms with E-state index in [-0.39, 0.29) is 5.91 Å². The second-order valence-electron chi connectivity index (χ2n) is 5.87. The lowest BCUT2D eigenvalue weighted by Gasteiger charge is -2.29. The molecule has 1 amide bonds. The maximum Gasteiger partial charge on any atom is 0.258 e. The standard InChI is InChI=1S/C19H17N3OS/c1-12-13(2)21-16-11-14(7-8-15(16)20-12)19(23)22-9-10-24-18-6-4-3-5-17(18)22/h3-8,11H,9-10H2,1-2H3. The normalized spacial score (nSPS) is 13.8. The lowest BCUT2D eigenvalue weighted by atomic mass is 10.1. The van der Waals surface area contributed by atoms with Crippen LogP contribution in [0, 0.1) is 13.8 Å². The number of aryl methyl sites for hydroxylation is 2. The van der Waals surface area contributed by atoms with E-state index in [4.69, 9.17) is 0 Å². The predicted octanol–water partition coefficient (Wildman–Crippen LogP) is 4.00. The highest BCUT2D eigenvalue weighted by atomic mass is 32.2. The van der Waals surface area contributed by atoms with Gasteiger partial charge >= 0.3 is 0 Å². The van der Waals surface area contributed by atoms with E-state index in [1.54, 1.807) is 11.8 Å². The molecule has 0 radical (unpaired) electrons. The number of anilines is 1. The summed E-state index contributed by atoms with van der Waals surface area (Å²) in [5.41, 5.74) is 5.05. The zero-order valence-electron chi connectivity index (χ0n) is 13.6. The van der Waals surface area contributed by atoms with E-state index in [1.807, 2.05) is 55.1 Å². The van der Waals surface area contributed by atoms with Crippen molar-refractivity contribution in [3.05, 3.63) is 59.4 Å². The average molecular weight is 335 g/mol. The summed E-state index contributed by atoms with van der Waals surface area (Å²) in [4.78, 5) is 25.1. The largest absolute Gasteiger partial charge is 0.306 e. The second-order valence-corrected chi connectivity index (χ2v) is 7.01. The Morgan fingerprint density at radius 2 is 1.79 bits per heavy atom. The van der Waals surface area contributed by atoms with Crippen LogP contribution in [0.25, 0.3) is 11.0 Å². The van der Waals surface area contributed by atoms with Gasteiger partial charge in [-0.05, 0) is 44.2 Å². The van der Waals surface area contributed by atoms with Crippen molar-refractivity contribution in [1.82, 2.24) is 9.97 Å². The third kappa shape index (κ3) is 2.55. The summed E-state index contributed by atoms with van der Waals surface area (Å²) < 4.78 is 0. The number of nitrogens with zero attached hydrogens (tertiary/aromatic N) is 3. The highest BCUT2D eigenvalue weighted by Gasteiger charge is 2.24. The number of rotatable bonds is 1. The molecule has 0 aliphatic carbocycles. The Bertz CT molecular complexity index is 954. The fourth-order valence-electron chi connectivity index (χ4n) is 2.90. The van der Waals surface area contributed by atoms with E-state index in [9.17, 15) is 4.79 Å². The first-order chi connectivity index (χ1) is 11.6. The number of benzene rings is 2. The van der Waals surface area contributed by atoms with Crippen LogP contribution in [0.3, 0.4) is 0 Å². The molecule has 120 valence electrons.